The van der Waals surface area contributed by atoms with Crippen LogP contribution >= 0.6 is 0 Å². The van der Waals surface area contributed by atoms with E-state index >= 15 is 0 Å². The third-order valence-corrected chi connectivity index (χ3v) is 4.61. The van der Waals surface area contributed by atoms with Gasteiger partial charge in [-0.05, 0) is 31.1 Å². The predicted octanol–water partition coefficient (Wildman–Crippen LogP) is 2.08. The highest BCUT2D eigenvalue weighted by atomic mass is 16.5. The van der Waals surface area contributed by atoms with Crippen LogP contribution in [0.1, 0.15) is 55.4 Å². The molecule has 1 amide bonds. The van der Waals surface area contributed by atoms with E-state index in [4.69, 9.17) is 4.74 Å². The number of amides is 1. The minimum atomic E-state index is -0.0473. The minimum absolute atomic E-state index is 0.0473. The lowest BCUT2D eigenvalue weighted by Crippen LogP contribution is -2.39. The third-order valence-electron chi connectivity index (χ3n) is 4.61. The second-order valence-electron chi connectivity index (χ2n) is 7.30. The van der Waals surface area contributed by atoms with Gasteiger partial charge in [-0.3, -0.25) is 9.89 Å². The molecule has 5 heteroatoms. The molecular weight excluding hydrogens is 266 g/mol. The average Bonchev–Trinajstić information content (AvgIpc) is 3.10. The van der Waals surface area contributed by atoms with Crippen LogP contribution in [-0.4, -0.2) is 35.4 Å². The molecule has 1 aromatic rings. The third kappa shape index (κ3) is 2.84. The summed E-state index contributed by atoms with van der Waals surface area (Å²) in [6, 6.07) is 0. The summed E-state index contributed by atoms with van der Waals surface area (Å²) < 4.78 is 5.85. The molecule has 0 spiro atoms. The Morgan fingerprint density at radius 1 is 1.43 bits per heavy atom. The lowest BCUT2D eigenvalue weighted by molar-refractivity contribution is 0.00736. The molecule has 1 aliphatic heterocycles. The van der Waals surface area contributed by atoms with E-state index in [9.17, 15) is 4.79 Å². The summed E-state index contributed by atoms with van der Waals surface area (Å²) in [6.45, 7) is 8.04. The lowest BCUT2D eigenvalue weighted by atomic mass is 9.81. The summed E-state index contributed by atoms with van der Waals surface area (Å²) in [6.07, 6.45) is 4.32. The Hall–Kier alpha value is -1.36. The maximum atomic E-state index is 12.3. The Morgan fingerprint density at radius 2 is 2.24 bits per heavy atom. The molecule has 2 heterocycles. The Bertz CT molecular complexity index is 530. The van der Waals surface area contributed by atoms with Crippen LogP contribution in [0.4, 0.5) is 0 Å². The van der Waals surface area contributed by atoms with E-state index < -0.39 is 0 Å². The SMILES string of the molecule is CC(C)(C)[C@H]1OCC[C@@H]1CNC(=O)c1n[nH]c2c1CCC2. The number of fused-ring (bicyclic) bond motifs is 1. The lowest BCUT2D eigenvalue weighted by Gasteiger charge is -2.31. The van der Waals surface area contributed by atoms with E-state index in [0.717, 1.165) is 43.5 Å². The number of H-pyrrole nitrogens is 1. The minimum Gasteiger partial charge on any atom is -0.377 e. The fourth-order valence-corrected chi connectivity index (χ4v) is 3.61. The summed E-state index contributed by atoms with van der Waals surface area (Å²) >= 11 is 0. The van der Waals surface area contributed by atoms with Crippen LogP contribution in [-0.2, 0) is 17.6 Å². The molecule has 0 bridgehead atoms. The number of carbonyl (C=O) groups is 1. The molecule has 2 aliphatic rings. The summed E-state index contributed by atoms with van der Waals surface area (Å²) in [5.74, 6) is 0.342. The molecule has 2 atom stereocenters. The van der Waals surface area contributed by atoms with Crippen molar-refractivity contribution in [3.05, 3.63) is 17.0 Å². The number of aryl methyl sites for hydroxylation is 1. The number of rotatable bonds is 3. The van der Waals surface area contributed by atoms with Gasteiger partial charge in [0.05, 0.1) is 6.10 Å². The first kappa shape index (κ1) is 14.6. The van der Waals surface area contributed by atoms with Gasteiger partial charge in [0.1, 0.15) is 0 Å². The second kappa shape index (κ2) is 5.44. The Kier molecular flexibility index (Phi) is 3.78. The molecule has 3 rings (SSSR count). The molecule has 1 fully saturated rings. The van der Waals surface area contributed by atoms with E-state index in [2.05, 4.69) is 36.3 Å². The maximum Gasteiger partial charge on any atom is 0.272 e. The molecule has 21 heavy (non-hydrogen) atoms. The highest BCUT2D eigenvalue weighted by Crippen LogP contribution is 2.34. The number of aromatic nitrogens is 2. The van der Waals surface area contributed by atoms with Gasteiger partial charge in [0, 0.05) is 30.3 Å². The number of ether oxygens (including phenoxy) is 1. The first-order valence-electron chi connectivity index (χ1n) is 7.92. The zero-order chi connectivity index (χ0) is 15.0. The number of aromatic amines is 1. The molecule has 1 aromatic heterocycles. The van der Waals surface area contributed by atoms with E-state index in [1.54, 1.807) is 0 Å². The van der Waals surface area contributed by atoms with Gasteiger partial charge in [0.15, 0.2) is 5.69 Å². The number of nitrogens with zero attached hydrogens (tertiary/aromatic N) is 1. The number of hydrogen-bond acceptors (Lipinski definition) is 3. The molecule has 2 N–H and O–H groups in total. The van der Waals surface area contributed by atoms with Crippen LogP contribution in [0.25, 0.3) is 0 Å². The molecule has 0 unspecified atom stereocenters. The molecule has 116 valence electrons. The standard InChI is InChI=1S/C16H25N3O2/c1-16(2,3)14-10(7-8-21-14)9-17-15(20)13-11-5-4-6-12(11)18-19-13/h10,14H,4-9H2,1-3H3,(H,17,20)(H,18,19)/t10-,14+/m1/s1. The van der Waals surface area contributed by atoms with E-state index in [1.165, 1.54) is 0 Å². The van der Waals surface area contributed by atoms with Crippen LogP contribution in [0, 0.1) is 11.3 Å². The van der Waals surface area contributed by atoms with Gasteiger partial charge in [-0.2, -0.15) is 5.10 Å². The van der Waals surface area contributed by atoms with Crippen LogP contribution in [0.3, 0.4) is 0 Å². The molecule has 1 aliphatic carbocycles. The highest BCUT2D eigenvalue weighted by molar-refractivity contribution is 5.94. The van der Waals surface area contributed by atoms with Crippen LogP contribution < -0.4 is 5.32 Å². The number of nitrogens with one attached hydrogen (secondary N) is 2. The van der Waals surface area contributed by atoms with E-state index in [0.29, 0.717) is 18.2 Å². The van der Waals surface area contributed by atoms with Crippen molar-refractivity contribution in [3.8, 4) is 0 Å². The molecular formula is C16H25N3O2. The van der Waals surface area contributed by atoms with Gasteiger partial charge < -0.3 is 10.1 Å². The first-order valence-corrected chi connectivity index (χ1v) is 7.92. The first-order chi connectivity index (χ1) is 9.97. The van der Waals surface area contributed by atoms with Gasteiger partial charge in [-0.1, -0.05) is 20.8 Å². The summed E-state index contributed by atoms with van der Waals surface area (Å²) in [5, 5.41) is 10.2. The molecule has 0 saturated carbocycles. The van der Waals surface area contributed by atoms with Crippen molar-refractivity contribution in [2.75, 3.05) is 13.2 Å². The van der Waals surface area contributed by atoms with Gasteiger partial charge in [-0.25, -0.2) is 0 Å². The zero-order valence-electron chi connectivity index (χ0n) is 13.2. The van der Waals surface area contributed by atoms with Crippen molar-refractivity contribution in [1.82, 2.24) is 15.5 Å². The molecule has 0 radical (unpaired) electrons. The quantitative estimate of drug-likeness (QED) is 0.896. The van der Waals surface area contributed by atoms with Crippen molar-refractivity contribution in [3.63, 3.8) is 0 Å². The fourth-order valence-electron chi connectivity index (χ4n) is 3.61. The monoisotopic (exact) mass is 291 g/mol. The van der Waals surface area contributed by atoms with Gasteiger partial charge >= 0.3 is 0 Å². The highest BCUT2D eigenvalue weighted by Gasteiger charge is 2.37. The Labute approximate surface area is 125 Å². The molecule has 5 nitrogen and oxygen atoms in total. The topological polar surface area (TPSA) is 67.0 Å². The smallest absolute Gasteiger partial charge is 0.272 e. The average molecular weight is 291 g/mol. The van der Waals surface area contributed by atoms with Crippen molar-refractivity contribution in [2.45, 2.75) is 52.6 Å². The van der Waals surface area contributed by atoms with Gasteiger partial charge in [0.2, 0.25) is 0 Å². The molecule has 0 aromatic carbocycles. The Morgan fingerprint density at radius 3 is 3.00 bits per heavy atom. The van der Waals surface area contributed by atoms with Crippen molar-refractivity contribution >= 4 is 5.91 Å². The number of carbonyl (C=O) groups excluding carboxylic acids is 1. The largest absolute Gasteiger partial charge is 0.377 e. The van der Waals surface area contributed by atoms with E-state index in [-0.39, 0.29) is 17.4 Å². The molecule has 1 saturated heterocycles. The summed E-state index contributed by atoms with van der Waals surface area (Å²) in [5.41, 5.74) is 2.95. The normalized spacial score (nSPS) is 25.1. The van der Waals surface area contributed by atoms with Gasteiger partial charge in [0.25, 0.3) is 5.91 Å². The predicted molar refractivity (Wildman–Crippen MR) is 80.2 cm³/mol. The Balaban J connectivity index is 1.61. The number of hydrogen-bond donors (Lipinski definition) is 2. The van der Waals surface area contributed by atoms with Crippen LogP contribution in [0.5, 0.6) is 0 Å². The summed E-state index contributed by atoms with van der Waals surface area (Å²) in [7, 11) is 0. The van der Waals surface area contributed by atoms with Crippen LogP contribution in [0.15, 0.2) is 0 Å². The second-order valence-corrected chi connectivity index (χ2v) is 7.30. The van der Waals surface area contributed by atoms with Crippen molar-refractivity contribution < 1.29 is 9.53 Å². The van der Waals surface area contributed by atoms with Gasteiger partial charge in [-0.15, -0.1) is 0 Å². The van der Waals surface area contributed by atoms with E-state index in [1.807, 2.05) is 0 Å². The fraction of sp³-hybridized carbons (Fsp3) is 0.750. The maximum absolute atomic E-state index is 12.3. The van der Waals surface area contributed by atoms with Crippen molar-refractivity contribution in [2.24, 2.45) is 11.3 Å². The van der Waals surface area contributed by atoms with Crippen LogP contribution in [0.2, 0.25) is 0 Å². The zero-order valence-corrected chi connectivity index (χ0v) is 13.2. The van der Waals surface area contributed by atoms with Crippen molar-refractivity contribution in [1.29, 1.82) is 0 Å². The summed E-state index contributed by atoms with van der Waals surface area (Å²) in [4.78, 5) is 12.3.